The third kappa shape index (κ3) is 3.23. The number of aryl methyl sites for hydroxylation is 1. The Morgan fingerprint density at radius 2 is 2.12 bits per heavy atom. The maximum absolute atomic E-state index is 13.5. The molecule has 4 rings (SSSR count). The molecule has 7 heteroatoms. The molecule has 3 atom stereocenters. The third-order valence-corrected chi connectivity index (χ3v) is 5.43. The topological polar surface area (TPSA) is 63.1 Å². The number of likely N-dealkylation sites (tertiary alicyclic amines) is 1. The molecule has 0 spiro atoms. The van der Waals surface area contributed by atoms with Gasteiger partial charge in [-0.15, -0.1) is 0 Å². The van der Waals surface area contributed by atoms with Crippen LogP contribution in [0.2, 0.25) is 0 Å². The number of carbonyl (C=O) groups excluding carboxylic acids is 1. The first kappa shape index (κ1) is 17.1. The van der Waals surface area contributed by atoms with Gasteiger partial charge in [-0.3, -0.25) is 14.5 Å². The Morgan fingerprint density at radius 1 is 1.31 bits per heavy atom. The molecule has 1 saturated carbocycles. The van der Waals surface area contributed by atoms with Gasteiger partial charge in [0.1, 0.15) is 5.82 Å². The van der Waals surface area contributed by atoms with E-state index in [4.69, 9.17) is 0 Å². The molecule has 6 nitrogen and oxygen atoms in total. The molecular formula is C19H24FN5O. The van der Waals surface area contributed by atoms with Crippen LogP contribution < -0.4 is 5.32 Å². The largest absolute Gasteiger partial charge is 0.330 e. The summed E-state index contributed by atoms with van der Waals surface area (Å²) in [4.78, 5) is 18.7. The van der Waals surface area contributed by atoms with Crippen LogP contribution in [-0.2, 0) is 11.8 Å². The minimum absolute atomic E-state index is 0.0554. The van der Waals surface area contributed by atoms with Crippen LogP contribution in [0.3, 0.4) is 0 Å². The SMILES string of the molecule is CC(N[C@@H]1CCC(=O)N(C2CC2)[C@H]1c1ccnn1C)c1cncc(F)c1. The van der Waals surface area contributed by atoms with Gasteiger partial charge in [-0.25, -0.2) is 4.39 Å². The maximum atomic E-state index is 13.5. The Bertz CT molecular complexity index is 803. The number of hydrogen-bond acceptors (Lipinski definition) is 4. The number of pyridine rings is 1. The monoisotopic (exact) mass is 357 g/mol. The van der Waals surface area contributed by atoms with Gasteiger partial charge in [0.15, 0.2) is 0 Å². The first-order valence-corrected chi connectivity index (χ1v) is 9.20. The molecule has 2 aromatic rings. The van der Waals surface area contributed by atoms with Crippen molar-refractivity contribution in [2.45, 2.75) is 56.8 Å². The molecule has 1 aliphatic carbocycles. The van der Waals surface area contributed by atoms with Gasteiger partial charge in [0, 0.05) is 44.0 Å². The first-order chi connectivity index (χ1) is 12.5. The number of amides is 1. The van der Waals surface area contributed by atoms with Crippen LogP contribution >= 0.6 is 0 Å². The first-order valence-electron chi connectivity index (χ1n) is 9.20. The smallest absolute Gasteiger partial charge is 0.223 e. The van der Waals surface area contributed by atoms with Crippen LogP contribution in [0.5, 0.6) is 0 Å². The van der Waals surface area contributed by atoms with E-state index in [0.29, 0.717) is 12.5 Å². The lowest BCUT2D eigenvalue weighted by Gasteiger charge is -2.43. The molecule has 26 heavy (non-hydrogen) atoms. The van der Waals surface area contributed by atoms with E-state index in [1.165, 1.54) is 12.3 Å². The lowest BCUT2D eigenvalue weighted by atomic mass is 9.91. The van der Waals surface area contributed by atoms with Crippen molar-refractivity contribution in [1.82, 2.24) is 25.0 Å². The molecule has 138 valence electrons. The van der Waals surface area contributed by atoms with Crippen molar-refractivity contribution in [3.63, 3.8) is 0 Å². The summed E-state index contributed by atoms with van der Waals surface area (Å²) in [5.41, 5.74) is 1.84. The van der Waals surface area contributed by atoms with E-state index in [1.54, 1.807) is 12.4 Å². The number of piperidine rings is 1. The van der Waals surface area contributed by atoms with Gasteiger partial charge in [-0.1, -0.05) is 0 Å². The Kier molecular flexibility index (Phi) is 4.48. The van der Waals surface area contributed by atoms with Gasteiger partial charge < -0.3 is 10.2 Å². The van der Waals surface area contributed by atoms with Gasteiger partial charge in [-0.05, 0) is 43.9 Å². The predicted octanol–water partition coefficient (Wildman–Crippen LogP) is 2.50. The van der Waals surface area contributed by atoms with Crippen LogP contribution in [0.25, 0.3) is 0 Å². The summed E-state index contributed by atoms with van der Waals surface area (Å²) in [6.45, 7) is 2.01. The Hall–Kier alpha value is -2.28. The van der Waals surface area contributed by atoms with Gasteiger partial charge in [-0.2, -0.15) is 5.10 Å². The average Bonchev–Trinajstić information content (AvgIpc) is 3.37. The highest BCUT2D eigenvalue weighted by Crippen LogP contribution is 2.41. The summed E-state index contributed by atoms with van der Waals surface area (Å²) in [5, 5.41) is 7.93. The number of halogens is 1. The maximum Gasteiger partial charge on any atom is 0.223 e. The highest BCUT2D eigenvalue weighted by atomic mass is 19.1. The van der Waals surface area contributed by atoms with E-state index >= 15 is 0 Å². The summed E-state index contributed by atoms with van der Waals surface area (Å²) < 4.78 is 15.4. The number of nitrogens with one attached hydrogen (secondary N) is 1. The zero-order valence-electron chi connectivity index (χ0n) is 15.1. The van der Waals surface area contributed by atoms with Crippen molar-refractivity contribution >= 4 is 5.91 Å². The summed E-state index contributed by atoms with van der Waals surface area (Å²) in [6.07, 6.45) is 8.10. The predicted molar refractivity (Wildman–Crippen MR) is 94.6 cm³/mol. The van der Waals surface area contributed by atoms with E-state index in [0.717, 1.165) is 30.5 Å². The fraction of sp³-hybridized carbons (Fsp3) is 0.526. The molecule has 1 aliphatic heterocycles. The molecular weight excluding hydrogens is 333 g/mol. The highest BCUT2D eigenvalue weighted by molar-refractivity contribution is 5.78. The highest BCUT2D eigenvalue weighted by Gasteiger charge is 2.45. The Balaban J connectivity index is 1.62. The fourth-order valence-corrected chi connectivity index (χ4v) is 3.98. The number of hydrogen-bond donors (Lipinski definition) is 1. The standard InChI is InChI=1S/C19H24FN5O/c1-12(13-9-14(20)11-21-10-13)23-16-5-6-18(26)25(15-3-4-15)19(16)17-7-8-22-24(17)2/h7-12,15-16,19,23H,3-6H2,1-2H3/t12?,16-,19-/m1/s1. The van der Waals surface area contributed by atoms with E-state index in [1.807, 2.05) is 24.7 Å². The molecule has 1 amide bonds. The van der Waals surface area contributed by atoms with Crippen LogP contribution in [0.4, 0.5) is 4.39 Å². The Labute approximate surface area is 152 Å². The molecule has 1 N–H and O–H groups in total. The fourth-order valence-electron chi connectivity index (χ4n) is 3.98. The molecule has 0 bridgehead atoms. The van der Waals surface area contributed by atoms with Crippen LogP contribution in [0, 0.1) is 5.82 Å². The van der Waals surface area contributed by atoms with Crippen molar-refractivity contribution < 1.29 is 9.18 Å². The van der Waals surface area contributed by atoms with Crippen molar-refractivity contribution in [3.8, 4) is 0 Å². The third-order valence-electron chi connectivity index (χ3n) is 5.43. The summed E-state index contributed by atoms with van der Waals surface area (Å²) in [7, 11) is 1.91. The second-order valence-corrected chi connectivity index (χ2v) is 7.33. The lowest BCUT2D eigenvalue weighted by Crippen LogP contribution is -2.52. The lowest BCUT2D eigenvalue weighted by molar-refractivity contribution is -0.139. The average molecular weight is 357 g/mol. The molecule has 2 aromatic heterocycles. The van der Waals surface area contributed by atoms with Crippen molar-refractivity contribution in [3.05, 3.63) is 47.8 Å². The van der Waals surface area contributed by atoms with E-state index in [9.17, 15) is 9.18 Å². The van der Waals surface area contributed by atoms with Crippen LogP contribution in [0.1, 0.15) is 55.9 Å². The van der Waals surface area contributed by atoms with E-state index in [-0.39, 0.29) is 29.8 Å². The van der Waals surface area contributed by atoms with Crippen LogP contribution in [0.15, 0.2) is 30.7 Å². The quantitative estimate of drug-likeness (QED) is 0.893. The Morgan fingerprint density at radius 3 is 2.77 bits per heavy atom. The normalized spacial score (nSPS) is 24.7. The second kappa shape index (κ2) is 6.79. The molecule has 1 unspecified atom stereocenters. The summed E-state index contributed by atoms with van der Waals surface area (Å²) in [5.74, 6) is -0.116. The minimum atomic E-state index is -0.335. The molecule has 0 radical (unpaired) electrons. The zero-order chi connectivity index (χ0) is 18.3. The van der Waals surface area contributed by atoms with Gasteiger partial charge in [0.2, 0.25) is 5.91 Å². The molecule has 2 fully saturated rings. The van der Waals surface area contributed by atoms with Gasteiger partial charge in [0.25, 0.3) is 0 Å². The van der Waals surface area contributed by atoms with Crippen molar-refractivity contribution in [2.75, 3.05) is 0 Å². The molecule has 3 heterocycles. The minimum Gasteiger partial charge on any atom is -0.330 e. The summed E-state index contributed by atoms with van der Waals surface area (Å²) >= 11 is 0. The number of rotatable bonds is 5. The van der Waals surface area contributed by atoms with E-state index in [2.05, 4.69) is 20.3 Å². The van der Waals surface area contributed by atoms with Gasteiger partial charge >= 0.3 is 0 Å². The number of nitrogens with zero attached hydrogens (tertiary/aromatic N) is 4. The zero-order valence-corrected chi connectivity index (χ0v) is 15.1. The van der Waals surface area contributed by atoms with Gasteiger partial charge in [0.05, 0.1) is 17.9 Å². The second-order valence-electron chi connectivity index (χ2n) is 7.33. The molecule has 1 saturated heterocycles. The van der Waals surface area contributed by atoms with Crippen molar-refractivity contribution in [2.24, 2.45) is 7.05 Å². The number of carbonyl (C=O) groups is 1. The summed E-state index contributed by atoms with van der Waals surface area (Å²) in [6, 6.07) is 3.80. The van der Waals surface area contributed by atoms with E-state index < -0.39 is 0 Å². The van der Waals surface area contributed by atoms with Crippen molar-refractivity contribution in [1.29, 1.82) is 0 Å². The molecule has 0 aromatic carbocycles. The van der Waals surface area contributed by atoms with Crippen LogP contribution in [-0.4, -0.2) is 37.7 Å². The number of aromatic nitrogens is 3. The molecule has 2 aliphatic rings.